The predicted molar refractivity (Wildman–Crippen MR) is 72.8 cm³/mol. The Hall–Kier alpha value is -2.02. The lowest BCUT2D eigenvalue weighted by Crippen LogP contribution is -2.24. The Labute approximate surface area is 113 Å². The zero-order chi connectivity index (χ0) is 14.0. The van der Waals surface area contributed by atoms with Crippen molar-refractivity contribution in [2.75, 3.05) is 25.1 Å². The normalized spacial score (nSPS) is 22.1. The van der Waals surface area contributed by atoms with Gasteiger partial charge in [0.2, 0.25) is 0 Å². The Bertz CT molecular complexity index is 533. The second-order valence-electron chi connectivity index (χ2n) is 5.12. The van der Waals surface area contributed by atoms with Gasteiger partial charge in [0.25, 0.3) is 0 Å². The van der Waals surface area contributed by atoms with Crippen molar-refractivity contribution in [3.05, 3.63) is 29.3 Å². The monoisotopic (exact) mass is 258 g/mol. The quantitative estimate of drug-likeness (QED) is 0.762. The molecular weight excluding hydrogens is 240 g/mol. The number of hydrogen-bond donors (Lipinski definition) is 0. The third-order valence-electron chi connectivity index (χ3n) is 3.81. The summed E-state index contributed by atoms with van der Waals surface area (Å²) in [5.41, 5.74) is 2.73. The number of anilines is 1. The molecule has 0 saturated carbocycles. The van der Waals surface area contributed by atoms with Gasteiger partial charge in [-0.25, -0.2) is 0 Å². The van der Waals surface area contributed by atoms with E-state index in [9.17, 15) is 4.79 Å². The van der Waals surface area contributed by atoms with Crippen LogP contribution < -0.4 is 4.90 Å². The molecule has 0 aromatic heterocycles. The van der Waals surface area contributed by atoms with Gasteiger partial charge in [-0.1, -0.05) is 6.92 Å². The van der Waals surface area contributed by atoms with Crippen molar-refractivity contribution < 1.29 is 9.53 Å². The molecule has 1 saturated heterocycles. The van der Waals surface area contributed by atoms with Crippen LogP contribution in [0.2, 0.25) is 0 Å². The Balaban J connectivity index is 2.19. The zero-order valence-corrected chi connectivity index (χ0v) is 11.5. The van der Waals surface area contributed by atoms with Crippen LogP contribution in [0.5, 0.6) is 0 Å². The van der Waals surface area contributed by atoms with Gasteiger partial charge in [0.15, 0.2) is 0 Å². The minimum Gasteiger partial charge on any atom is -0.469 e. The summed E-state index contributed by atoms with van der Waals surface area (Å²) in [7, 11) is 1.43. The van der Waals surface area contributed by atoms with Crippen LogP contribution in [0.4, 0.5) is 5.69 Å². The van der Waals surface area contributed by atoms with E-state index in [0.29, 0.717) is 12.1 Å². The maximum Gasteiger partial charge on any atom is 0.310 e. The van der Waals surface area contributed by atoms with E-state index in [4.69, 9.17) is 10.00 Å². The van der Waals surface area contributed by atoms with Crippen molar-refractivity contribution in [2.24, 2.45) is 11.8 Å². The van der Waals surface area contributed by atoms with Gasteiger partial charge in [0.1, 0.15) is 0 Å². The van der Waals surface area contributed by atoms with E-state index < -0.39 is 0 Å². The number of hydrogen-bond acceptors (Lipinski definition) is 4. The lowest BCUT2D eigenvalue weighted by molar-refractivity contribution is -0.145. The second kappa shape index (κ2) is 5.31. The fourth-order valence-corrected chi connectivity index (χ4v) is 2.61. The Kier molecular flexibility index (Phi) is 3.75. The van der Waals surface area contributed by atoms with E-state index in [1.165, 1.54) is 7.11 Å². The number of benzene rings is 1. The number of methoxy groups -OCH3 is 1. The molecule has 1 heterocycles. The van der Waals surface area contributed by atoms with E-state index >= 15 is 0 Å². The summed E-state index contributed by atoms with van der Waals surface area (Å²) < 4.78 is 4.84. The summed E-state index contributed by atoms with van der Waals surface area (Å²) in [6, 6.07) is 7.95. The largest absolute Gasteiger partial charge is 0.469 e. The highest BCUT2D eigenvalue weighted by molar-refractivity contribution is 5.74. The number of aryl methyl sites for hydroxylation is 1. The number of ether oxygens (including phenoxy) is 1. The first-order chi connectivity index (χ1) is 9.06. The molecule has 0 N–H and O–H groups in total. The van der Waals surface area contributed by atoms with E-state index in [2.05, 4.69) is 17.9 Å². The molecule has 0 spiro atoms. The first kappa shape index (κ1) is 13.4. The minimum atomic E-state index is -0.139. The summed E-state index contributed by atoms with van der Waals surface area (Å²) in [6.07, 6.45) is 0. The zero-order valence-electron chi connectivity index (χ0n) is 11.5. The van der Waals surface area contributed by atoms with Crippen molar-refractivity contribution in [1.82, 2.24) is 0 Å². The molecule has 4 nitrogen and oxygen atoms in total. The third-order valence-corrected chi connectivity index (χ3v) is 3.81. The molecule has 2 atom stereocenters. The molecule has 4 heteroatoms. The van der Waals surface area contributed by atoms with Gasteiger partial charge < -0.3 is 9.64 Å². The lowest BCUT2D eigenvalue weighted by Gasteiger charge is -2.19. The first-order valence-electron chi connectivity index (χ1n) is 6.40. The minimum absolute atomic E-state index is 0.0686. The third kappa shape index (κ3) is 2.55. The van der Waals surface area contributed by atoms with Gasteiger partial charge in [-0.2, -0.15) is 5.26 Å². The standard InChI is InChI=1S/C15H18N2O2/c1-10-6-13(5-4-12(10)7-16)17-8-11(2)14(9-17)15(18)19-3/h4-6,11,14H,8-9H2,1-3H3. The van der Waals surface area contributed by atoms with Crippen LogP contribution in [0.1, 0.15) is 18.1 Å². The van der Waals surface area contributed by atoms with Crippen LogP contribution in [0.3, 0.4) is 0 Å². The molecule has 2 unspecified atom stereocenters. The smallest absolute Gasteiger partial charge is 0.310 e. The highest BCUT2D eigenvalue weighted by atomic mass is 16.5. The van der Waals surface area contributed by atoms with Crippen molar-refractivity contribution in [3.8, 4) is 6.07 Å². The first-order valence-corrected chi connectivity index (χ1v) is 6.40. The molecule has 0 aliphatic carbocycles. The van der Waals surface area contributed by atoms with Crippen LogP contribution in [0, 0.1) is 30.1 Å². The molecule has 19 heavy (non-hydrogen) atoms. The number of nitriles is 1. The van der Waals surface area contributed by atoms with E-state index in [1.807, 2.05) is 25.1 Å². The predicted octanol–water partition coefficient (Wildman–Crippen LogP) is 2.11. The van der Waals surface area contributed by atoms with Crippen LogP contribution in [-0.2, 0) is 9.53 Å². The molecule has 1 aliphatic rings. The van der Waals surface area contributed by atoms with Gasteiger partial charge >= 0.3 is 5.97 Å². The van der Waals surface area contributed by atoms with Crippen LogP contribution in [0.15, 0.2) is 18.2 Å². The van der Waals surface area contributed by atoms with E-state index in [1.54, 1.807) is 0 Å². The molecule has 2 rings (SSSR count). The molecule has 0 radical (unpaired) electrons. The number of carbonyl (C=O) groups is 1. The van der Waals surface area contributed by atoms with Crippen molar-refractivity contribution in [2.45, 2.75) is 13.8 Å². The van der Waals surface area contributed by atoms with Gasteiger partial charge in [0, 0.05) is 18.8 Å². The van der Waals surface area contributed by atoms with Gasteiger partial charge in [-0.3, -0.25) is 4.79 Å². The summed E-state index contributed by atoms with van der Waals surface area (Å²) in [5.74, 6) is 0.0738. The molecule has 1 aliphatic heterocycles. The summed E-state index contributed by atoms with van der Waals surface area (Å²) in [6.45, 7) is 5.52. The van der Waals surface area contributed by atoms with Crippen LogP contribution in [-0.4, -0.2) is 26.2 Å². The average Bonchev–Trinajstić information content (AvgIpc) is 2.80. The molecular formula is C15H18N2O2. The van der Waals surface area contributed by atoms with Crippen molar-refractivity contribution in [3.63, 3.8) is 0 Å². The topological polar surface area (TPSA) is 53.3 Å². The summed E-state index contributed by atoms with van der Waals surface area (Å²) >= 11 is 0. The van der Waals surface area contributed by atoms with Gasteiger partial charge in [-0.15, -0.1) is 0 Å². The number of esters is 1. The van der Waals surface area contributed by atoms with E-state index in [0.717, 1.165) is 17.8 Å². The number of nitrogens with zero attached hydrogens (tertiary/aromatic N) is 2. The molecule has 1 aromatic rings. The Morgan fingerprint density at radius 2 is 2.21 bits per heavy atom. The van der Waals surface area contributed by atoms with Crippen molar-refractivity contribution >= 4 is 11.7 Å². The Morgan fingerprint density at radius 3 is 2.79 bits per heavy atom. The average molecular weight is 258 g/mol. The second-order valence-corrected chi connectivity index (χ2v) is 5.12. The Morgan fingerprint density at radius 1 is 1.47 bits per heavy atom. The van der Waals surface area contributed by atoms with Crippen LogP contribution >= 0.6 is 0 Å². The highest BCUT2D eigenvalue weighted by Gasteiger charge is 2.35. The van der Waals surface area contributed by atoms with E-state index in [-0.39, 0.29) is 17.8 Å². The molecule has 0 amide bonds. The highest BCUT2D eigenvalue weighted by Crippen LogP contribution is 2.29. The van der Waals surface area contributed by atoms with Crippen molar-refractivity contribution in [1.29, 1.82) is 5.26 Å². The molecule has 0 bridgehead atoms. The SMILES string of the molecule is COC(=O)C1CN(c2ccc(C#N)c(C)c2)CC1C. The fraction of sp³-hybridized carbons (Fsp3) is 0.467. The van der Waals surface area contributed by atoms with Gasteiger partial charge in [0.05, 0.1) is 24.7 Å². The number of carbonyl (C=O) groups excluding carboxylic acids is 1. The summed E-state index contributed by atoms with van der Waals surface area (Å²) in [4.78, 5) is 13.9. The summed E-state index contributed by atoms with van der Waals surface area (Å²) in [5, 5.41) is 8.94. The molecule has 1 aromatic carbocycles. The maximum atomic E-state index is 11.7. The van der Waals surface area contributed by atoms with Crippen LogP contribution in [0.25, 0.3) is 0 Å². The molecule has 1 fully saturated rings. The maximum absolute atomic E-state index is 11.7. The lowest BCUT2D eigenvalue weighted by atomic mass is 9.99. The number of rotatable bonds is 2. The van der Waals surface area contributed by atoms with Gasteiger partial charge in [-0.05, 0) is 36.6 Å². The fourth-order valence-electron chi connectivity index (χ4n) is 2.61. The molecule has 100 valence electrons.